The molecule has 0 saturated carbocycles. The van der Waals surface area contributed by atoms with Crippen molar-refractivity contribution in [3.63, 3.8) is 0 Å². The molecule has 17 heavy (non-hydrogen) atoms. The minimum absolute atomic E-state index is 0.0393. The molecule has 0 bridgehead atoms. The van der Waals surface area contributed by atoms with Gasteiger partial charge in [0.2, 0.25) is 5.91 Å². The van der Waals surface area contributed by atoms with Gasteiger partial charge in [0.25, 0.3) is 0 Å². The number of esters is 1. The molecule has 1 unspecified atom stereocenters. The van der Waals surface area contributed by atoms with Crippen LogP contribution in [0, 0.1) is 5.92 Å². The number of carbonyl (C=O) groups excluding carboxylic acids is 2. The van der Waals surface area contributed by atoms with Crippen molar-refractivity contribution in [1.82, 2.24) is 10.6 Å². The first kappa shape index (κ1) is 15.9. The SMILES string of the molecule is CCOC(=O)CCNC(C)C(=O)NCC(C)C. The molecular formula is C12H24N2O3. The molecule has 0 aliphatic rings. The Hall–Kier alpha value is -1.10. The van der Waals surface area contributed by atoms with Crippen LogP contribution in [-0.4, -0.2) is 37.6 Å². The summed E-state index contributed by atoms with van der Waals surface area (Å²) < 4.78 is 4.78. The zero-order chi connectivity index (χ0) is 13.3. The lowest BCUT2D eigenvalue weighted by Gasteiger charge is -2.14. The standard InChI is InChI=1S/C12H24N2O3/c1-5-17-11(15)6-7-13-10(4)12(16)14-8-9(2)3/h9-10,13H,5-8H2,1-4H3,(H,14,16). The van der Waals surface area contributed by atoms with Gasteiger partial charge in [-0.2, -0.15) is 0 Å². The van der Waals surface area contributed by atoms with Crippen molar-refractivity contribution in [3.05, 3.63) is 0 Å². The lowest BCUT2D eigenvalue weighted by Crippen LogP contribution is -2.43. The van der Waals surface area contributed by atoms with Gasteiger partial charge in [-0.25, -0.2) is 0 Å². The average molecular weight is 244 g/mol. The monoisotopic (exact) mass is 244 g/mol. The van der Waals surface area contributed by atoms with Crippen molar-refractivity contribution < 1.29 is 14.3 Å². The van der Waals surface area contributed by atoms with E-state index >= 15 is 0 Å². The van der Waals surface area contributed by atoms with E-state index in [1.165, 1.54) is 0 Å². The zero-order valence-electron chi connectivity index (χ0n) is 11.2. The summed E-state index contributed by atoms with van der Waals surface area (Å²) >= 11 is 0. The van der Waals surface area contributed by atoms with Crippen LogP contribution in [0.4, 0.5) is 0 Å². The molecule has 0 aliphatic carbocycles. The maximum atomic E-state index is 11.6. The second-order valence-electron chi connectivity index (χ2n) is 4.37. The van der Waals surface area contributed by atoms with E-state index in [1.807, 2.05) is 13.8 Å². The number of rotatable bonds is 8. The molecule has 0 aromatic rings. The molecule has 0 aromatic heterocycles. The van der Waals surface area contributed by atoms with Gasteiger partial charge in [0.05, 0.1) is 19.1 Å². The molecule has 0 aliphatic heterocycles. The van der Waals surface area contributed by atoms with Crippen molar-refractivity contribution >= 4 is 11.9 Å². The van der Waals surface area contributed by atoms with Gasteiger partial charge in [-0.15, -0.1) is 0 Å². The van der Waals surface area contributed by atoms with Crippen LogP contribution < -0.4 is 10.6 Å². The second kappa shape index (κ2) is 8.98. The third-order valence-electron chi connectivity index (χ3n) is 2.16. The first-order valence-electron chi connectivity index (χ1n) is 6.14. The molecular weight excluding hydrogens is 220 g/mol. The number of nitrogens with one attached hydrogen (secondary N) is 2. The Labute approximate surface area is 103 Å². The molecule has 0 aromatic carbocycles. The van der Waals surface area contributed by atoms with E-state index in [0.717, 1.165) is 0 Å². The molecule has 5 heteroatoms. The number of hydrogen-bond acceptors (Lipinski definition) is 4. The van der Waals surface area contributed by atoms with Crippen molar-refractivity contribution in [3.8, 4) is 0 Å². The lowest BCUT2D eigenvalue weighted by atomic mass is 10.2. The summed E-state index contributed by atoms with van der Waals surface area (Å²) in [5, 5.41) is 5.81. The van der Waals surface area contributed by atoms with Gasteiger partial charge in [0.15, 0.2) is 0 Å². The summed E-state index contributed by atoms with van der Waals surface area (Å²) in [5.41, 5.74) is 0. The quantitative estimate of drug-likeness (QED) is 0.616. The zero-order valence-corrected chi connectivity index (χ0v) is 11.2. The Morgan fingerprint density at radius 2 is 1.88 bits per heavy atom. The number of carbonyl (C=O) groups is 2. The van der Waals surface area contributed by atoms with Crippen molar-refractivity contribution in [2.45, 2.75) is 40.2 Å². The largest absolute Gasteiger partial charge is 0.466 e. The Balaban J connectivity index is 3.67. The molecule has 2 N–H and O–H groups in total. The van der Waals surface area contributed by atoms with Gasteiger partial charge < -0.3 is 15.4 Å². The lowest BCUT2D eigenvalue weighted by molar-refractivity contribution is -0.143. The van der Waals surface area contributed by atoms with E-state index < -0.39 is 0 Å². The fraction of sp³-hybridized carbons (Fsp3) is 0.833. The highest BCUT2D eigenvalue weighted by Gasteiger charge is 2.12. The van der Waals surface area contributed by atoms with Crippen LogP contribution in [0.25, 0.3) is 0 Å². The first-order valence-corrected chi connectivity index (χ1v) is 6.14. The van der Waals surface area contributed by atoms with E-state index in [1.54, 1.807) is 13.8 Å². The maximum Gasteiger partial charge on any atom is 0.307 e. The summed E-state index contributed by atoms with van der Waals surface area (Å²) in [6, 6.07) is -0.289. The van der Waals surface area contributed by atoms with Crippen LogP contribution in [0.1, 0.15) is 34.1 Å². The Kier molecular flexibility index (Phi) is 8.40. The summed E-state index contributed by atoms with van der Waals surface area (Å²) in [4.78, 5) is 22.6. The molecule has 1 atom stereocenters. The highest BCUT2D eigenvalue weighted by molar-refractivity contribution is 5.81. The fourth-order valence-corrected chi connectivity index (χ4v) is 1.17. The molecule has 0 fully saturated rings. The smallest absolute Gasteiger partial charge is 0.307 e. The Morgan fingerprint density at radius 1 is 1.24 bits per heavy atom. The molecule has 0 rings (SSSR count). The molecule has 0 radical (unpaired) electrons. The van der Waals surface area contributed by atoms with Crippen molar-refractivity contribution in [1.29, 1.82) is 0 Å². The van der Waals surface area contributed by atoms with Crippen LogP contribution in [0.2, 0.25) is 0 Å². The van der Waals surface area contributed by atoms with Crippen molar-refractivity contribution in [2.24, 2.45) is 5.92 Å². The fourth-order valence-electron chi connectivity index (χ4n) is 1.17. The first-order chi connectivity index (χ1) is 7.97. The summed E-state index contributed by atoms with van der Waals surface area (Å²) in [6.07, 6.45) is 0.287. The van der Waals surface area contributed by atoms with Crippen LogP contribution in [0.5, 0.6) is 0 Å². The highest BCUT2D eigenvalue weighted by atomic mass is 16.5. The van der Waals surface area contributed by atoms with Crippen molar-refractivity contribution in [2.75, 3.05) is 19.7 Å². The predicted octanol–water partition coefficient (Wildman–Crippen LogP) is 0.690. The molecule has 1 amide bonds. The minimum atomic E-state index is -0.289. The second-order valence-corrected chi connectivity index (χ2v) is 4.37. The van der Waals surface area contributed by atoms with Gasteiger partial charge in [-0.1, -0.05) is 13.8 Å². The third-order valence-corrected chi connectivity index (χ3v) is 2.16. The van der Waals surface area contributed by atoms with Gasteiger partial charge in [-0.3, -0.25) is 9.59 Å². The van der Waals surface area contributed by atoms with E-state index in [9.17, 15) is 9.59 Å². The van der Waals surface area contributed by atoms with Crippen LogP contribution in [0.15, 0.2) is 0 Å². The highest BCUT2D eigenvalue weighted by Crippen LogP contribution is 1.90. The van der Waals surface area contributed by atoms with Crippen LogP contribution >= 0.6 is 0 Å². The van der Waals surface area contributed by atoms with Gasteiger partial charge in [0.1, 0.15) is 0 Å². The molecule has 5 nitrogen and oxygen atoms in total. The summed E-state index contributed by atoms with van der Waals surface area (Å²) in [6.45, 7) is 9.15. The number of hydrogen-bond donors (Lipinski definition) is 2. The number of amides is 1. The molecule has 0 saturated heterocycles. The van der Waals surface area contributed by atoms with E-state index in [-0.39, 0.29) is 24.3 Å². The third kappa shape index (κ3) is 8.68. The van der Waals surface area contributed by atoms with E-state index in [4.69, 9.17) is 4.74 Å². The topological polar surface area (TPSA) is 67.4 Å². The average Bonchev–Trinajstić information content (AvgIpc) is 2.25. The van der Waals surface area contributed by atoms with Gasteiger partial charge in [0, 0.05) is 13.1 Å². The number of ether oxygens (including phenoxy) is 1. The van der Waals surface area contributed by atoms with Crippen LogP contribution in [0.3, 0.4) is 0 Å². The van der Waals surface area contributed by atoms with Gasteiger partial charge in [-0.05, 0) is 19.8 Å². The molecule has 100 valence electrons. The Morgan fingerprint density at radius 3 is 2.41 bits per heavy atom. The maximum absolute atomic E-state index is 11.6. The normalized spacial score (nSPS) is 12.3. The van der Waals surface area contributed by atoms with Crippen LogP contribution in [-0.2, 0) is 14.3 Å². The van der Waals surface area contributed by atoms with E-state index in [0.29, 0.717) is 25.6 Å². The van der Waals surface area contributed by atoms with E-state index in [2.05, 4.69) is 10.6 Å². The summed E-state index contributed by atoms with van der Waals surface area (Å²) in [5.74, 6) is 0.156. The molecule has 0 spiro atoms. The molecule has 0 heterocycles. The minimum Gasteiger partial charge on any atom is -0.466 e. The summed E-state index contributed by atoms with van der Waals surface area (Å²) in [7, 11) is 0. The Bertz CT molecular complexity index is 242. The predicted molar refractivity (Wildman–Crippen MR) is 66.6 cm³/mol. The van der Waals surface area contributed by atoms with Gasteiger partial charge >= 0.3 is 5.97 Å².